The van der Waals surface area contributed by atoms with Crippen LogP contribution in [-0.2, 0) is 12.8 Å². The molecule has 0 atom stereocenters. The highest BCUT2D eigenvalue weighted by molar-refractivity contribution is 6.37. The first-order valence-electron chi connectivity index (χ1n) is 8.22. The zero-order valence-corrected chi connectivity index (χ0v) is 15.5. The molecule has 0 aliphatic heterocycles. The SMILES string of the molecule is NC(=O)c1nn(NC(=O)c2ccc(Cl)cc2Cl)c2c1CCc1ccccc1-2. The predicted molar refractivity (Wildman–Crippen MR) is 104 cm³/mol. The van der Waals surface area contributed by atoms with Gasteiger partial charge in [0.05, 0.1) is 16.3 Å². The van der Waals surface area contributed by atoms with Crippen LogP contribution in [0.15, 0.2) is 42.5 Å². The summed E-state index contributed by atoms with van der Waals surface area (Å²) in [6.07, 6.45) is 1.38. The number of halogens is 2. The summed E-state index contributed by atoms with van der Waals surface area (Å²) < 4.78 is 0. The highest BCUT2D eigenvalue weighted by atomic mass is 35.5. The number of fused-ring (bicyclic) bond motifs is 3. The molecule has 1 aliphatic carbocycles. The molecule has 27 heavy (non-hydrogen) atoms. The molecule has 2 amide bonds. The van der Waals surface area contributed by atoms with E-state index in [0.717, 1.165) is 23.1 Å². The number of aryl methyl sites for hydroxylation is 1. The summed E-state index contributed by atoms with van der Waals surface area (Å²) in [5.74, 6) is -1.11. The van der Waals surface area contributed by atoms with Crippen molar-refractivity contribution in [1.29, 1.82) is 0 Å². The van der Waals surface area contributed by atoms with Crippen LogP contribution in [0.4, 0.5) is 0 Å². The highest BCUT2D eigenvalue weighted by Crippen LogP contribution is 2.35. The largest absolute Gasteiger partial charge is 0.364 e. The van der Waals surface area contributed by atoms with Gasteiger partial charge in [-0.25, -0.2) is 5.43 Å². The summed E-state index contributed by atoms with van der Waals surface area (Å²) in [5, 5.41) is 4.89. The average Bonchev–Trinajstić information content (AvgIpc) is 3.01. The molecule has 136 valence electrons. The van der Waals surface area contributed by atoms with Crippen LogP contribution in [0.3, 0.4) is 0 Å². The Morgan fingerprint density at radius 3 is 2.63 bits per heavy atom. The second kappa shape index (κ2) is 6.72. The first kappa shape index (κ1) is 17.6. The van der Waals surface area contributed by atoms with Gasteiger partial charge in [-0.2, -0.15) is 4.79 Å². The van der Waals surface area contributed by atoms with Crippen LogP contribution in [0, 0.1) is 0 Å². The van der Waals surface area contributed by atoms with Gasteiger partial charge in [0.25, 0.3) is 11.8 Å². The van der Waals surface area contributed by atoms with E-state index < -0.39 is 11.8 Å². The lowest BCUT2D eigenvalue weighted by Crippen LogP contribution is -2.26. The van der Waals surface area contributed by atoms with Gasteiger partial charge in [0.15, 0.2) is 5.69 Å². The van der Waals surface area contributed by atoms with E-state index >= 15 is 0 Å². The Labute approximate surface area is 164 Å². The molecular weight excluding hydrogens is 387 g/mol. The van der Waals surface area contributed by atoms with Crippen LogP contribution < -0.4 is 11.2 Å². The molecule has 0 radical (unpaired) electrons. The van der Waals surface area contributed by atoms with Crippen LogP contribution in [0.25, 0.3) is 11.3 Å². The van der Waals surface area contributed by atoms with E-state index in [4.69, 9.17) is 28.9 Å². The Kier molecular flexibility index (Phi) is 4.37. The standard InChI is InChI=1S/C19H14Cl2N4O2/c20-11-6-8-13(15(21)9-11)19(27)24-25-17-12-4-2-1-3-10(12)5-7-14(17)16(23-25)18(22)26/h1-4,6,8-9H,5,7H2,(H2,22,26)(H,24,27). The third-order valence-corrected chi connectivity index (χ3v) is 5.06. The summed E-state index contributed by atoms with van der Waals surface area (Å²) in [6.45, 7) is 0. The molecular formula is C19H14Cl2N4O2. The number of nitrogens with two attached hydrogens (primary N) is 1. The molecule has 3 N–H and O–H groups in total. The lowest BCUT2D eigenvalue weighted by Gasteiger charge is -2.18. The van der Waals surface area contributed by atoms with Crippen molar-refractivity contribution in [2.45, 2.75) is 12.8 Å². The van der Waals surface area contributed by atoms with Gasteiger partial charge in [0.2, 0.25) is 0 Å². The molecule has 0 bridgehead atoms. The van der Waals surface area contributed by atoms with E-state index in [1.807, 2.05) is 24.3 Å². The Morgan fingerprint density at radius 2 is 1.89 bits per heavy atom. The fourth-order valence-corrected chi connectivity index (χ4v) is 3.80. The van der Waals surface area contributed by atoms with Gasteiger partial charge >= 0.3 is 0 Å². The molecule has 3 aromatic rings. The number of amides is 2. The van der Waals surface area contributed by atoms with Crippen molar-refractivity contribution in [3.63, 3.8) is 0 Å². The van der Waals surface area contributed by atoms with E-state index in [1.54, 1.807) is 6.07 Å². The molecule has 1 heterocycles. The van der Waals surface area contributed by atoms with Crippen molar-refractivity contribution < 1.29 is 9.59 Å². The van der Waals surface area contributed by atoms with Crippen molar-refractivity contribution >= 4 is 35.0 Å². The topological polar surface area (TPSA) is 90.0 Å². The number of carbonyl (C=O) groups is 2. The summed E-state index contributed by atoms with van der Waals surface area (Å²) in [4.78, 5) is 25.9. The van der Waals surface area contributed by atoms with E-state index in [-0.39, 0.29) is 16.3 Å². The zero-order chi connectivity index (χ0) is 19.1. The average molecular weight is 401 g/mol. The molecule has 0 spiro atoms. The number of aromatic nitrogens is 2. The molecule has 2 aromatic carbocycles. The Balaban J connectivity index is 1.80. The Hall–Kier alpha value is -2.83. The Bertz CT molecular complexity index is 1090. The summed E-state index contributed by atoms with van der Waals surface area (Å²) in [6, 6.07) is 12.4. The molecule has 0 unspecified atom stereocenters. The second-order valence-corrected chi connectivity index (χ2v) is 7.02. The number of benzene rings is 2. The van der Waals surface area contributed by atoms with E-state index in [1.165, 1.54) is 16.9 Å². The zero-order valence-electron chi connectivity index (χ0n) is 14.0. The fourth-order valence-electron chi connectivity index (χ4n) is 3.30. The third-order valence-electron chi connectivity index (χ3n) is 4.52. The van der Waals surface area contributed by atoms with Crippen LogP contribution in [-0.4, -0.2) is 21.7 Å². The van der Waals surface area contributed by atoms with Gasteiger partial charge in [-0.1, -0.05) is 47.5 Å². The van der Waals surface area contributed by atoms with Crippen LogP contribution in [0.5, 0.6) is 0 Å². The number of hydrogen-bond acceptors (Lipinski definition) is 3. The quantitative estimate of drug-likeness (QED) is 0.705. The monoisotopic (exact) mass is 400 g/mol. The lowest BCUT2D eigenvalue weighted by atomic mass is 9.89. The molecule has 8 heteroatoms. The maximum absolute atomic E-state index is 12.7. The summed E-state index contributed by atoms with van der Waals surface area (Å²) >= 11 is 12.0. The molecule has 4 rings (SSSR count). The normalized spacial score (nSPS) is 12.2. The molecule has 0 saturated carbocycles. The Morgan fingerprint density at radius 1 is 1.11 bits per heavy atom. The fraction of sp³-hybridized carbons (Fsp3) is 0.105. The maximum atomic E-state index is 12.7. The van der Waals surface area contributed by atoms with Crippen LogP contribution in [0.1, 0.15) is 32.0 Å². The lowest BCUT2D eigenvalue weighted by molar-refractivity contribution is 0.0983. The highest BCUT2D eigenvalue weighted by Gasteiger charge is 2.28. The number of hydrogen-bond donors (Lipinski definition) is 2. The van der Waals surface area contributed by atoms with Gasteiger partial charge < -0.3 is 5.73 Å². The van der Waals surface area contributed by atoms with Crippen molar-refractivity contribution in [1.82, 2.24) is 9.89 Å². The molecule has 1 aliphatic rings. The second-order valence-electron chi connectivity index (χ2n) is 6.17. The molecule has 0 saturated heterocycles. The maximum Gasteiger partial charge on any atom is 0.272 e. The predicted octanol–water partition coefficient (Wildman–Crippen LogP) is 3.44. The number of rotatable bonds is 3. The summed E-state index contributed by atoms with van der Waals surface area (Å²) in [5.41, 5.74) is 12.0. The summed E-state index contributed by atoms with van der Waals surface area (Å²) in [7, 11) is 0. The van der Waals surface area contributed by atoms with Gasteiger partial charge in [-0.3, -0.25) is 9.59 Å². The minimum Gasteiger partial charge on any atom is -0.364 e. The van der Waals surface area contributed by atoms with Crippen molar-refractivity contribution in [3.05, 3.63) is 74.9 Å². The van der Waals surface area contributed by atoms with Crippen molar-refractivity contribution in [3.8, 4) is 11.3 Å². The van der Waals surface area contributed by atoms with Crippen molar-refractivity contribution in [2.24, 2.45) is 5.73 Å². The smallest absolute Gasteiger partial charge is 0.272 e. The minimum atomic E-state index is -0.636. The molecule has 0 fully saturated rings. The third kappa shape index (κ3) is 3.07. The molecule has 6 nitrogen and oxygen atoms in total. The minimum absolute atomic E-state index is 0.155. The first-order valence-corrected chi connectivity index (χ1v) is 8.97. The number of carbonyl (C=O) groups excluding carboxylic acids is 2. The number of nitrogens with one attached hydrogen (secondary N) is 1. The van der Waals surface area contributed by atoms with Crippen LogP contribution in [0.2, 0.25) is 10.0 Å². The number of nitrogens with zero attached hydrogens (tertiary/aromatic N) is 2. The van der Waals surface area contributed by atoms with E-state index in [2.05, 4.69) is 10.5 Å². The van der Waals surface area contributed by atoms with Gasteiger partial charge in [-0.05, 0) is 36.6 Å². The molecule has 1 aromatic heterocycles. The van der Waals surface area contributed by atoms with Gasteiger partial charge in [0, 0.05) is 16.1 Å². The van der Waals surface area contributed by atoms with E-state index in [0.29, 0.717) is 17.1 Å². The van der Waals surface area contributed by atoms with E-state index in [9.17, 15) is 9.59 Å². The van der Waals surface area contributed by atoms with Gasteiger partial charge in [-0.15, -0.1) is 5.10 Å². The first-order chi connectivity index (χ1) is 13.0. The van der Waals surface area contributed by atoms with Gasteiger partial charge in [0.1, 0.15) is 0 Å². The number of primary amides is 1. The van der Waals surface area contributed by atoms with Crippen molar-refractivity contribution in [2.75, 3.05) is 5.43 Å². The van der Waals surface area contributed by atoms with Crippen LogP contribution >= 0.6 is 23.2 Å².